The third-order valence-corrected chi connectivity index (χ3v) is 4.46. The molecule has 1 N–H and O–H groups in total. The Kier molecular flexibility index (Phi) is 7.21. The van der Waals surface area contributed by atoms with Gasteiger partial charge in [-0.25, -0.2) is 5.43 Å². The van der Waals surface area contributed by atoms with E-state index < -0.39 is 0 Å². The zero-order chi connectivity index (χ0) is 19.1. The fourth-order valence-electron chi connectivity index (χ4n) is 2.32. The SMILES string of the molecule is CCCCn1nc(C)c(/C=N\NC(=O)COc2ccc(C)c(C)c2)c1Cl. The van der Waals surface area contributed by atoms with Crippen molar-refractivity contribution in [3.05, 3.63) is 45.7 Å². The highest BCUT2D eigenvalue weighted by molar-refractivity contribution is 6.32. The van der Waals surface area contributed by atoms with E-state index in [1.165, 1.54) is 11.8 Å². The van der Waals surface area contributed by atoms with Crippen molar-refractivity contribution in [2.24, 2.45) is 5.10 Å². The van der Waals surface area contributed by atoms with Crippen molar-refractivity contribution in [3.63, 3.8) is 0 Å². The number of unbranched alkanes of at least 4 members (excludes halogenated alkanes) is 1. The van der Waals surface area contributed by atoms with Crippen LogP contribution in [0, 0.1) is 20.8 Å². The second-order valence-electron chi connectivity index (χ2n) is 6.19. The van der Waals surface area contributed by atoms with Crippen LogP contribution < -0.4 is 10.2 Å². The quantitative estimate of drug-likeness (QED) is 0.563. The lowest BCUT2D eigenvalue weighted by Crippen LogP contribution is -2.24. The summed E-state index contributed by atoms with van der Waals surface area (Å²) < 4.78 is 7.23. The average Bonchev–Trinajstić information content (AvgIpc) is 2.88. The van der Waals surface area contributed by atoms with Crippen LogP contribution in [0.1, 0.15) is 42.1 Å². The summed E-state index contributed by atoms with van der Waals surface area (Å²) in [6.45, 7) is 8.66. The number of nitrogens with zero attached hydrogens (tertiary/aromatic N) is 3. The summed E-state index contributed by atoms with van der Waals surface area (Å²) in [6.07, 6.45) is 3.58. The number of aromatic nitrogens is 2. The van der Waals surface area contributed by atoms with Crippen molar-refractivity contribution in [3.8, 4) is 5.75 Å². The molecule has 1 amide bonds. The van der Waals surface area contributed by atoms with Gasteiger partial charge in [-0.05, 0) is 50.5 Å². The van der Waals surface area contributed by atoms with Gasteiger partial charge in [-0.2, -0.15) is 10.2 Å². The van der Waals surface area contributed by atoms with Crippen molar-refractivity contribution >= 4 is 23.7 Å². The van der Waals surface area contributed by atoms with Gasteiger partial charge in [-0.1, -0.05) is 31.0 Å². The standard InChI is InChI=1S/C19H25ClN4O2/c1-5-6-9-24-19(20)17(15(4)23-24)11-21-22-18(25)12-26-16-8-7-13(2)14(3)10-16/h7-8,10-11H,5-6,9,12H2,1-4H3,(H,22,25)/b21-11-. The number of rotatable bonds is 8. The van der Waals surface area contributed by atoms with Gasteiger partial charge < -0.3 is 4.74 Å². The smallest absolute Gasteiger partial charge is 0.277 e. The van der Waals surface area contributed by atoms with Crippen LogP contribution >= 0.6 is 11.6 Å². The molecule has 6 nitrogen and oxygen atoms in total. The van der Waals surface area contributed by atoms with Crippen molar-refractivity contribution in [2.45, 2.75) is 47.1 Å². The lowest BCUT2D eigenvalue weighted by Gasteiger charge is -2.07. The number of carbonyl (C=O) groups is 1. The second kappa shape index (κ2) is 9.38. The number of hydrazone groups is 1. The fraction of sp³-hybridized carbons (Fsp3) is 0.421. The van der Waals surface area contributed by atoms with Gasteiger partial charge in [-0.15, -0.1) is 0 Å². The summed E-state index contributed by atoms with van der Waals surface area (Å²) in [4.78, 5) is 11.9. The van der Waals surface area contributed by atoms with E-state index in [1.54, 1.807) is 4.68 Å². The second-order valence-corrected chi connectivity index (χ2v) is 6.55. The maximum Gasteiger partial charge on any atom is 0.277 e. The number of hydrogen-bond donors (Lipinski definition) is 1. The number of carbonyl (C=O) groups excluding carboxylic acids is 1. The summed E-state index contributed by atoms with van der Waals surface area (Å²) in [6, 6.07) is 5.70. The molecule has 0 fully saturated rings. The van der Waals surface area contributed by atoms with E-state index in [-0.39, 0.29) is 12.5 Å². The van der Waals surface area contributed by atoms with E-state index in [4.69, 9.17) is 16.3 Å². The Hall–Kier alpha value is -2.34. The summed E-state index contributed by atoms with van der Waals surface area (Å²) in [7, 11) is 0. The van der Waals surface area contributed by atoms with Gasteiger partial charge in [0.1, 0.15) is 10.9 Å². The van der Waals surface area contributed by atoms with Gasteiger partial charge in [0.25, 0.3) is 5.91 Å². The molecule has 0 saturated carbocycles. The van der Waals surface area contributed by atoms with Crippen LogP contribution in [-0.4, -0.2) is 28.5 Å². The van der Waals surface area contributed by atoms with Crippen molar-refractivity contribution < 1.29 is 9.53 Å². The molecular formula is C19H25ClN4O2. The number of amides is 1. The van der Waals surface area contributed by atoms with Gasteiger partial charge in [0.15, 0.2) is 6.61 Å². The molecular weight excluding hydrogens is 352 g/mol. The molecule has 1 aromatic heterocycles. The maximum atomic E-state index is 11.9. The molecule has 1 heterocycles. The fourth-order valence-corrected chi connectivity index (χ4v) is 2.63. The molecule has 2 aromatic rings. The topological polar surface area (TPSA) is 68.5 Å². The lowest BCUT2D eigenvalue weighted by atomic mass is 10.1. The summed E-state index contributed by atoms with van der Waals surface area (Å²) >= 11 is 6.32. The van der Waals surface area contributed by atoms with Crippen LogP contribution in [0.15, 0.2) is 23.3 Å². The Labute approximate surface area is 159 Å². The van der Waals surface area contributed by atoms with E-state index in [1.807, 2.05) is 39.0 Å². The summed E-state index contributed by atoms with van der Waals surface area (Å²) in [5, 5.41) is 8.88. The van der Waals surface area contributed by atoms with Gasteiger partial charge in [0, 0.05) is 6.54 Å². The molecule has 0 atom stereocenters. The maximum absolute atomic E-state index is 11.9. The molecule has 0 aliphatic rings. The molecule has 26 heavy (non-hydrogen) atoms. The zero-order valence-electron chi connectivity index (χ0n) is 15.7. The number of hydrogen-bond acceptors (Lipinski definition) is 4. The van der Waals surface area contributed by atoms with Gasteiger partial charge in [-0.3, -0.25) is 9.48 Å². The van der Waals surface area contributed by atoms with Gasteiger partial charge >= 0.3 is 0 Å². The summed E-state index contributed by atoms with van der Waals surface area (Å²) in [5.41, 5.74) is 6.22. The first-order valence-corrected chi connectivity index (χ1v) is 9.05. The van der Waals surface area contributed by atoms with E-state index in [9.17, 15) is 4.79 Å². The Morgan fingerprint density at radius 1 is 1.35 bits per heavy atom. The highest BCUT2D eigenvalue weighted by atomic mass is 35.5. The Bertz CT molecular complexity index is 799. The lowest BCUT2D eigenvalue weighted by molar-refractivity contribution is -0.123. The van der Waals surface area contributed by atoms with E-state index in [0.29, 0.717) is 16.5 Å². The van der Waals surface area contributed by atoms with E-state index in [0.717, 1.165) is 30.6 Å². The zero-order valence-corrected chi connectivity index (χ0v) is 16.4. The van der Waals surface area contributed by atoms with Crippen LogP contribution in [0.5, 0.6) is 5.75 Å². The molecule has 0 saturated heterocycles. The van der Waals surface area contributed by atoms with E-state index >= 15 is 0 Å². The number of aryl methyl sites for hydroxylation is 4. The molecule has 0 spiro atoms. The van der Waals surface area contributed by atoms with Crippen LogP contribution in [0.2, 0.25) is 5.15 Å². The Morgan fingerprint density at radius 3 is 2.81 bits per heavy atom. The van der Waals surface area contributed by atoms with Gasteiger partial charge in [0.2, 0.25) is 0 Å². The molecule has 0 aliphatic carbocycles. The molecule has 140 valence electrons. The first-order chi connectivity index (χ1) is 12.4. The number of ether oxygens (including phenoxy) is 1. The number of halogens is 1. The van der Waals surface area contributed by atoms with Crippen molar-refractivity contribution in [1.29, 1.82) is 0 Å². The third-order valence-electron chi connectivity index (χ3n) is 4.06. The highest BCUT2D eigenvalue weighted by Gasteiger charge is 2.11. The van der Waals surface area contributed by atoms with Crippen LogP contribution in [0.3, 0.4) is 0 Å². The molecule has 2 rings (SSSR count). The summed E-state index contributed by atoms with van der Waals surface area (Å²) in [5.74, 6) is 0.315. The molecule has 0 unspecified atom stereocenters. The predicted molar refractivity (Wildman–Crippen MR) is 104 cm³/mol. The first-order valence-electron chi connectivity index (χ1n) is 8.67. The molecule has 0 aliphatic heterocycles. The molecule has 1 aromatic carbocycles. The minimum atomic E-state index is -0.341. The van der Waals surface area contributed by atoms with E-state index in [2.05, 4.69) is 22.5 Å². The molecule has 0 bridgehead atoms. The predicted octanol–water partition coefficient (Wildman–Crippen LogP) is 3.79. The highest BCUT2D eigenvalue weighted by Crippen LogP contribution is 2.18. The Morgan fingerprint density at radius 2 is 2.12 bits per heavy atom. The largest absolute Gasteiger partial charge is 0.484 e. The van der Waals surface area contributed by atoms with Crippen molar-refractivity contribution in [2.75, 3.05) is 6.61 Å². The normalized spacial score (nSPS) is 11.1. The third kappa shape index (κ3) is 5.33. The van der Waals surface area contributed by atoms with Crippen LogP contribution in [0.25, 0.3) is 0 Å². The minimum absolute atomic E-state index is 0.109. The Balaban J connectivity index is 1.88. The van der Waals surface area contributed by atoms with Gasteiger partial charge in [0.05, 0.1) is 17.5 Å². The number of nitrogens with one attached hydrogen (secondary N) is 1. The average molecular weight is 377 g/mol. The number of benzene rings is 1. The van der Waals surface area contributed by atoms with Crippen molar-refractivity contribution in [1.82, 2.24) is 15.2 Å². The monoisotopic (exact) mass is 376 g/mol. The minimum Gasteiger partial charge on any atom is -0.484 e. The molecule has 0 radical (unpaired) electrons. The van der Waals surface area contributed by atoms with Crippen LogP contribution in [0.4, 0.5) is 0 Å². The molecule has 7 heteroatoms. The van der Waals surface area contributed by atoms with Crippen LogP contribution in [-0.2, 0) is 11.3 Å². The first kappa shape index (κ1) is 20.0.